The molecule has 106 valence electrons. The van der Waals surface area contributed by atoms with Crippen LogP contribution in [0.3, 0.4) is 0 Å². The van der Waals surface area contributed by atoms with Gasteiger partial charge in [-0.3, -0.25) is 0 Å². The van der Waals surface area contributed by atoms with Crippen molar-refractivity contribution in [2.75, 3.05) is 5.73 Å². The molecule has 2 N–H and O–H groups in total. The van der Waals surface area contributed by atoms with Crippen molar-refractivity contribution in [3.05, 3.63) is 48.0 Å². The molecule has 0 amide bonds. The van der Waals surface area contributed by atoms with E-state index in [1.165, 1.54) is 18.2 Å². The number of nitrogens with zero attached hydrogens (tertiary/aromatic N) is 2. The summed E-state index contributed by atoms with van der Waals surface area (Å²) in [6.07, 6.45) is 2.00. The summed E-state index contributed by atoms with van der Waals surface area (Å²) < 4.78 is 30.0. The van der Waals surface area contributed by atoms with Crippen molar-refractivity contribution in [3.8, 4) is 11.4 Å². The number of nitrogen functional groups attached to an aromatic ring is 1. The zero-order valence-electron chi connectivity index (χ0n) is 11.2. The van der Waals surface area contributed by atoms with Crippen LogP contribution in [-0.2, 0) is 0 Å². The highest BCUT2D eigenvalue weighted by atomic mass is 19.1. The molecule has 0 bridgehead atoms. The topological polar surface area (TPSA) is 43.8 Å². The predicted molar refractivity (Wildman–Crippen MR) is 77.8 cm³/mol. The minimum atomic E-state index is -0.401. The number of halogens is 2. The molecule has 1 aliphatic carbocycles. The molecule has 1 heterocycles. The molecule has 0 saturated heterocycles. The number of imidazole rings is 1. The largest absolute Gasteiger partial charge is 0.399 e. The van der Waals surface area contributed by atoms with E-state index in [4.69, 9.17) is 5.73 Å². The molecule has 2 aromatic carbocycles. The van der Waals surface area contributed by atoms with Gasteiger partial charge in [0.05, 0.1) is 11.1 Å². The maximum absolute atomic E-state index is 14.1. The van der Waals surface area contributed by atoms with Crippen molar-refractivity contribution in [2.45, 2.75) is 18.9 Å². The normalized spacial score (nSPS) is 14.8. The van der Waals surface area contributed by atoms with Crippen LogP contribution < -0.4 is 5.73 Å². The fourth-order valence-electron chi connectivity index (χ4n) is 2.69. The molecule has 0 radical (unpaired) electrons. The number of hydrogen-bond acceptors (Lipinski definition) is 2. The fourth-order valence-corrected chi connectivity index (χ4v) is 2.69. The number of aromatic nitrogens is 2. The van der Waals surface area contributed by atoms with Crippen LogP contribution in [0.2, 0.25) is 0 Å². The summed E-state index contributed by atoms with van der Waals surface area (Å²) in [6, 6.07) is 9.46. The first-order valence-corrected chi connectivity index (χ1v) is 6.87. The van der Waals surface area contributed by atoms with E-state index >= 15 is 0 Å². The first-order valence-electron chi connectivity index (χ1n) is 6.87. The molecule has 0 spiro atoms. The van der Waals surface area contributed by atoms with Crippen molar-refractivity contribution >= 4 is 16.7 Å². The Kier molecular flexibility index (Phi) is 2.51. The van der Waals surface area contributed by atoms with Gasteiger partial charge in [0.25, 0.3) is 0 Å². The summed E-state index contributed by atoms with van der Waals surface area (Å²) in [5, 5.41) is 0. The molecular formula is C16H13F2N3. The molecule has 0 aliphatic heterocycles. The van der Waals surface area contributed by atoms with Gasteiger partial charge in [-0.2, -0.15) is 0 Å². The van der Waals surface area contributed by atoms with E-state index in [0.29, 0.717) is 22.6 Å². The van der Waals surface area contributed by atoms with Gasteiger partial charge in [-0.1, -0.05) is 6.07 Å². The van der Waals surface area contributed by atoms with E-state index in [-0.39, 0.29) is 11.6 Å². The van der Waals surface area contributed by atoms with Gasteiger partial charge in [0.2, 0.25) is 0 Å². The lowest BCUT2D eigenvalue weighted by molar-refractivity contribution is 0.627. The van der Waals surface area contributed by atoms with Crippen molar-refractivity contribution < 1.29 is 8.78 Å². The molecule has 1 aliphatic rings. The summed E-state index contributed by atoms with van der Waals surface area (Å²) in [5.74, 6) is -0.346. The van der Waals surface area contributed by atoms with E-state index in [2.05, 4.69) is 4.98 Å². The van der Waals surface area contributed by atoms with Gasteiger partial charge in [-0.05, 0) is 43.2 Å². The van der Waals surface area contributed by atoms with E-state index in [1.54, 1.807) is 12.1 Å². The standard InChI is InChI=1S/C16H13F2N3/c17-12-7-4-9(19)8-11(12)16-20-15-13(18)2-1-3-14(15)21(16)10-5-6-10/h1-4,7-8,10H,5-6,19H2. The third kappa shape index (κ3) is 1.88. The van der Waals surface area contributed by atoms with Crippen LogP contribution in [0.1, 0.15) is 18.9 Å². The summed E-state index contributed by atoms with van der Waals surface area (Å²) in [5.41, 5.74) is 7.51. The summed E-state index contributed by atoms with van der Waals surface area (Å²) in [6.45, 7) is 0. The van der Waals surface area contributed by atoms with Gasteiger partial charge >= 0.3 is 0 Å². The highest BCUT2D eigenvalue weighted by Crippen LogP contribution is 2.42. The molecule has 1 aromatic heterocycles. The van der Waals surface area contributed by atoms with Crippen LogP contribution in [0, 0.1) is 11.6 Å². The fraction of sp³-hybridized carbons (Fsp3) is 0.188. The Morgan fingerprint density at radius 1 is 1.10 bits per heavy atom. The molecule has 21 heavy (non-hydrogen) atoms. The Bertz CT molecular complexity index is 850. The molecule has 0 atom stereocenters. The molecule has 5 heteroatoms. The third-order valence-corrected chi connectivity index (χ3v) is 3.81. The molecule has 3 nitrogen and oxygen atoms in total. The first kappa shape index (κ1) is 12.3. The maximum atomic E-state index is 14.1. The highest BCUT2D eigenvalue weighted by Gasteiger charge is 2.30. The van der Waals surface area contributed by atoms with Crippen molar-refractivity contribution in [2.24, 2.45) is 0 Å². The lowest BCUT2D eigenvalue weighted by Crippen LogP contribution is -2.00. The van der Waals surface area contributed by atoms with Crippen LogP contribution in [0.25, 0.3) is 22.4 Å². The van der Waals surface area contributed by atoms with Crippen LogP contribution >= 0.6 is 0 Å². The maximum Gasteiger partial charge on any atom is 0.151 e. The van der Waals surface area contributed by atoms with Gasteiger partial charge in [0.1, 0.15) is 17.2 Å². The second kappa shape index (κ2) is 4.28. The van der Waals surface area contributed by atoms with Crippen molar-refractivity contribution in [1.29, 1.82) is 0 Å². The Morgan fingerprint density at radius 2 is 1.90 bits per heavy atom. The van der Waals surface area contributed by atoms with Crippen LogP contribution in [0.4, 0.5) is 14.5 Å². The second-order valence-electron chi connectivity index (χ2n) is 5.38. The van der Waals surface area contributed by atoms with E-state index in [9.17, 15) is 8.78 Å². The van der Waals surface area contributed by atoms with E-state index in [1.807, 2.05) is 10.6 Å². The number of hydrogen-bond donors (Lipinski definition) is 1. The Balaban J connectivity index is 2.06. The molecule has 3 aromatic rings. The third-order valence-electron chi connectivity index (χ3n) is 3.81. The van der Waals surface area contributed by atoms with Gasteiger partial charge in [-0.15, -0.1) is 0 Å². The van der Waals surface area contributed by atoms with Gasteiger partial charge in [-0.25, -0.2) is 13.8 Å². The lowest BCUT2D eigenvalue weighted by atomic mass is 10.1. The average molecular weight is 285 g/mol. The molecule has 1 fully saturated rings. The van der Waals surface area contributed by atoms with Gasteiger partial charge in [0, 0.05) is 11.7 Å². The molecule has 0 unspecified atom stereocenters. The monoisotopic (exact) mass is 285 g/mol. The number of nitrogens with two attached hydrogens (primary N) is 1. The molecule has 1 saturated carbocycles. The number of fused-ring (bicyclic) bond motifs is 1. The summed E-state index contributed by atoms with van der Waals surface area (Å²) >= 11 is 0. The quantitative estimate of drug-likeness (QED) is 0.726. The van der Waals surface area contributed by atoms with Crippen molar-refractivity contribution in [3.63, 3.8) is 0 Å². The number of anilines is 1. The number of benzene rings is 2. The van der Waals surface area contributed by atoms with E-state index < -0.39 is 11.6 Å². The summed E-state index contributed by atoms with van der Waals surface area (Å²) in [7, 11) is 0. The van der Waals surface area contributed by atoms with Crippen LogP contribution in [-0.4, -0.2) is 9.55 Å². The zero-order chi connectivity index (χ0) is 14.6. The summed E-state index contributed by atoms with van der Waals surface area (Å²) in [4.78, 5) is 4.34. The SMILES string of the molecule is Nc1ccc(F)c(-c2nc3c(F)cccc3n2C2CC2)c1. The van der Waals surface area contributed by atoms with Gasteiger partial charge in [0.15, 0.2) is 5.82 Å². The smallest absolute Gasteiger partial charge is 0.151 e. The average Bonchev–Trinajstić information content (AvgIpc) is 3.22. The Hall–Kier alpha value is -2.43. The minimum Gasteiger partial charge on any atom is -0.399 e. The van der Waals surface area contributed by atoms with Crippen LogP contribution in [0.5, 0.6) is 0 Å². The minimum absolute atomic E-state index is 0.257. The second-order valence-corrected chi connectivity index (χ2v) is 5.38. The van der Waals surface area contributed by atoms with Crippen molar-refractivity contribution in [1.82, 2.24) is 9.55 Å². The number of rotatable bonds is 2. The molecular weight excluding hydrogens is 272 g/mol. The van der Waals surface area contributed by atoms with Gasteiger partial charge < -0.3 is 10.3 Å². The Morgan fingerprint density at radius 3 is 2.67 bits per heavy atom. The highest BCUT2D eigenvalue weighted by molar-refractivity contribution is 5.82. The van der Waals surface area contributed by atoms with E-state index in [0.717, 1.165) is 12.8 Å². The van der Waals surface area contributed by atoms with Crippen LogP contribution in [0.15, 0.2) is 36.4 Å². The lowest BCUT2D eigenvalue weighted by Gasteiger charge is -2.09. The first-order chi connectivity index (χ1) is 10.1. The zero-order valence-corrected chi connectivity index (χ0v) is 11.2. The number of para-hydroxylation sites is 1. The molecule has 4 rings (SSSR count). The predicted octanol–water partition coefficient (Wildman–Crippen LogP) is 3.90. The Labute approximate surface area is 120 Å².